The zero-order valence-electron chi connectivity index (χ0n) is 54.8. The minimum Gasteiger partial charge on any atom is -0.484 e. The number of hydrogen-bond donors (Lipinski definition) is 3. The molecule has 103 heavy (non-hydrogen) atoms. The van der Waals surface area contributed by atoms with Crippen molar-refractivity contribution >= 4 is 154 Å². The van der Waals surface area contributed by atoms with Gasteiger partial charge in [0.05, 0.1) is 25.2 Å². The van der Waals surface area contributed by atoms with Crippen molar-refractivity contribution in [3.63, 3.8) is 0 Å². The van der Waals surface area contributed by atoms with Gasteiger partial charge in [0.15, 0.2) is 11.7 Å². The molecule has 0 radical (unpaired) electrons. The second-order valence-corrected chi connectivity index (χ2v) is 31.5. The largest absolute Gasteiger partial charge is 0.484 e. The molecular weight excluding hydrogens is 1470 g/mol. The van der Waals surface area contributed by atoms with E-state index in [1.165, 1.54) is 69.5 Å². The number of anilines is 6. The van der Waals surface area contributed by atoms with Gasteiger partial charge in [-0.2, -0.15) is 0 Å². The Labute approximate surface area is 613 Å². The highest BCUT2D eigenvalue weighted by atomic mass is 35.5. The Morgan fingerprint density at radius 1 is 0.553 bits per heavy atom. The Bertz CT molecular complexity index is 5190. The van der Waals surface area contributed by atoms with Gasteiger partial charge < -0.3 is 43.3 Å². The van der Waals surface area contributed by atoms with Crippen LogP contribution in [0.5, 0.6) is 5.75 Å². The molecule has 0 saturated carbocycles. The Morgan fingerprint density at radius 3 is 1.56 bits per heavy atom. The molecule has 14 rings (SSSR count). The van der Waals surface area contributed by atoms with Crippen molar-refractivity contribution in [2.45, 2.75) is 40.6 Å². The van der Waals surface area contributed by atoms with E-state index < -0.39 is 47.8 Å². The normalized spacial score (nSPS) is 15.0. The predicted octanol–water partition coefficient (Wildman–Crippen LogP) is 10.5. The van der Waals surface area contributed by atoms with Gasteiger partial charge in [-0.05, 0) is 128 Å². The van der Waals surface area contributed by atoms with E-state index in [0.29, 0.717) is 63.6 Å². The summed E-state index contributed by atoms with van der Waals surface area (Å²) < 4.78 is 119. The van der Waals surface area contributed by atoms with E-state index in [4.69, 9.17) is 16.3 Å². The number of thiazole rings is 1. The monoisotopic (exact) mass is 1540 g/mol. The topological polar surface area (TPSA) is 310 Å². The van der Waals surface area contributed by atoms with Crippen LogP contribution in [0.3, 0.4) is 0 Å². The number of sulfonamides is 3. The molecule has 11 aromatic rings. The summed E-state index contributed by atoms with van der Waals surface area (Å²) in [7, 11) is -11.3. The third-order valence-electron chi connectivity index (χ3n) is 17.2. The molecule has 36 heteroatoms. The molecule has 6 aromatic carbocycles. The van der Waals surface area contributed by atoms with Gasteiger partial charge in [-0.15, -0.1) is 31.7 Å². The maximum absolute atomic E-state index is 14.4. The standard InChI is InChI=1S/C23H23FN6O3S2.C23H24N6O3S2.C21H18ClFN4O5S2.4H2/c1-16(30-10-9-17-3-2-4-20(24)21(17)30)22(31)29-13-11-28(12-14-29)18-5-7-19(8-6-18)35(32,33)27-23-26-25-15-34-23;1-17(29-11-10-18-4-2-3-5-21(18)29)22(30)28-14-12-27(13-15-28)19-6-8-20(9-7-19)34(31,32)26-23-25-24-16-33-23;22-17-11-15(3-6-18(17)23)32-13-20(29)26-8-9-27(19(28)12-26)14-1-4-16(5-2-14)34(30,31)25-21-24-7-10-33-21;;;;/h2-10,15-16H,11-14H2,1H3,(H,26,27);2-11,16-17H,12-15H2,1H3,(H,25,26);1-7,10-11H,8-9,12-13H2,(H,24,25);4*1H/t16-;;;;;;/m0....../s1. The van der Waals surface area contributed by atoms with Crippen LogP contribution in [-0.2, 0) is 49.2 Å². The molecule has 0 bridgehead atoms. The first kappa shape index (κ1) is 72.6. The van der Waals surface area contributed by atoms with E-state index >= 15 is 0 Å². The number of carbonyl (C=O) groups excluding carboxylic acids is 4. The number of aromatic nitrogens is 7. The number of para-hydroxylation sites is 2. The summed E-state index contributed by atoms with van der Waals surface area (Å²) in [4.78, 5) is 66.5. The molecule has 0 aliphatic carbocycles. The number of fused-ring (bicyclic) bond motifs is 2. The Balaban J connectivity index is 0.000000199. The van der Waals surface area contributed by atoms with Crippen LogP contribution in [0.15, 0.2) is 195 Å². The van der Waals surface area contributed by atoms with E-state index in [1.54, 1.807) is 82.6 Å². The number of nitrogens with zero attached hydrogens (tertiary/aromatic N) is 13. The van der Waals surface area contributed by atoms with E-state index in [0.717, 1.165) is 67.7 Å². The number of carbonyl (C=O) groups is 4. The number of amides is 4. The smallest absolute Gasteiger partial charge is 0.263 e. The van der Waals surface area contributed by atoms with Crippen LogP contribution < -0.4 is 33.6 Å². The summed E-state index contributed by atoms with van der Waals surface area (Å²) in [6.45, 7) is 8.58. The highest BCUT2D eigenvalue weighted by Crippen LogP contribution is 2.30. The molecule has 4 amide bonds. The average molecular weight is 1540 g/mol. The average Bonchev–Trinajstić information content (AvgIpc) is 1.70. The third kappa shape index (κ3) is 17.2. The first-order valence-corrected chi connectivity index (χ1v) is 39.3. The summed E-state index contributed by atoms with van der Waals surface area (Å²) >= 11 is 9.08. The second kappa shape index (κ2) is 31.6. The fourth-order valence-corrected chi connectivity index (χ4v) is 17.1. The zero-order chi connectivity index (χ0) is 72.6. The van der Waals surface area contributed by atoms with Crippen LogP contribution in [0.4, 0.5) is 41.2 Å². The van der Waals surface area contributed by atoms with Crippen LogP contribution in [0.2, 0.25) is 5.02 Å². The van der Waals surface area contributed by atoms with E-state index in [9.17, 15) is 53.2 Å². The first-order valence-electron chi connectivity index (χ1n) is 31.8. The summed E-state index contributed by atoms with van der Waals surface area (Å²) in [6, 6.07) is 38.9. The van der Waals surface area contributed by atoms with Crippen LogP contribution in [-0.4, -0.2) is 177 Å². The Morgan fingerprint density at radius 2 is 1.05 bits per heavy atom. The van der Waals surface area contributed by atoms with E-state index in [1.807, 2.05) is 65.1 Å². The predicted molar refractivity (Wildman–Crippen MR) is 399 cm³/mol. The number of halogens is 3. The van der Waals surface area contributed by atoms with Crippen LogP contribution >= 0.6 is 45.6 Å². The summed E-state index contributed by atoms with van der Waals surface area (Å²) in [5.41, 5.74) is 6.71. The Kier molecular flexibility index (Phi) is 22.3. The number of ether oxygens (including phenoxy) is 1. The van der Waals surface area contributed by atoms with Gasteiger partial charge in [0, 0.05) is 129 Å². The van der Waals surface area contributed by atoms with Crippen LogP contribution in [0, 0.1) is 11.6 Å². The van der Waals surface area contributed by atoms with Gasteiger partial charge in [-0.25, -0.2) is 39.0 Å². The maximum atomic E-state index is 14.4. The number of benzene rings is 6. The van der Waals surface area contributed by atoms with Gasteiger partial charge in [0.25, 0.3) is 36.0 Å². The minimum absolute atomic E-state index is 0. The molecule has 0 spiro atoms. The summed E-state index contributed by atoms with van der Waals surface area (Å²) in [6.07, 6.45) is 5.22. The quantitative estimate of drug-likeness (QED) is 0.0677. The number of hydrogen-bond acceptors (Lipinski definition) is 21. The van der Waals surface area contributed by atoms with Crippen molar-refractivity contribution in [3.05, 3.63) is 197 Å². The molecule has 8 heterocycles. The van der Waals surface area contributed by atoms with Crippen molar-refractivity contribution in [2.75, 3.05) is 107 Å². The third-order valence-corrected chi connectivity index (χ3v) is 23.8. The SMILES string of the molecule is CC(C(=O)N1CCN(c2ccc(S(=O)(=O)Nc3nncs3)cc2)CC1)n1ccc2ccccc21.C[C@@H](C(=O)N1CCN(c2ccc(S(=O)(=O)Nc3nncs3)cc2)CC1)n1ccc2cccc(F)c21.O=C(COc1ccc(F)c(Cl)c1)N1CCN(c2ccc(S(=O)(=O)Nc3nccs3)cc2)C(=O)C1.[HH].[HH].[HH].[HH]. The molecule has 5 aromatic heterocycles. The highest BCUT2D eigenvalue weighted by Gasteiger charge is 2.32. The molecule has 3 aliphatic heterocycles. The number of rotatable bonds is 19. The molecule has 3 saturated heterocycles. The van der Waals surface area contributed by atoms with Crippen molar-refractivity contribution in [3.8, 4) is 5.75 Å². The van der Waals surface area contributed by atoms with Crippen molar-refractivity contribution < 1.29 is 63.7 Å². The lowest BCUT2D eigenvalue weighted by Gasteiger charge is -2.37. The zero-order valence-corrected chi connectivity index (χ0v) is 60.5. The summed E-state index contributed by atoms with van der Waals surface area (Å²) in [5, 5.41) is 18.8. The Hall–Kier alpha value is -10.2. The fraction of sp³-hybridized carbons (Fsp3) is 0.239. The van der Waals surface area contributed by atoms with Gasteiger partial charge in [0.1, 0.15) is 47.0 Å². The lowest BCUT2D eigenvalue weighted by Crippen LogP contribution is -2.53. The molecule has 1 unspecified atom stereocenters. The lowest BCUT2D eigenvalue weighted by molar-refractivity contribution is -0.138. The van der Waals surface area contributed by atoms with E-state index in [2.05, 4.69) is 49.3 Å². The molecule has 3 aliphatic rings. The lowest BCUT2D eigenvalue weighted by atomic mass is 10.2. The fourth-order valence-electron chi connectivity index (χ4n) is 11.7. The van der Waals surface area contributed by atoms with Crippen molar-refractivity contribution in [1.82, 2.24) is 49.2 Å². The first-order chi connectivity index (χ1) is 49.5. The van der Waals surface area contributed by atoms with Crippen LogP contribution in [0.25, 0.3) is 21.8 Å². The number of nitrogens with one attached hydrogen (secondary N) is 3. The van der Waals surface area contributed by atoms with Gasteiger partial charge in [-0.3, -0.25) is 33.3 Å². The van der Waals surface area contributed by atoms with Crippen molar-refractivity contribution in [1.29, 1.82) is 0 Å². The molecule has 27 nitrogen and oxygen atoms in total. The minimum atomic E-state index is -3.80. The van der Waals surface area contributed by atoms with Gasteiger partial charge >= 0.3 is 0 Å². The van der Waals surface area contributed by atoms with Gasteiger partial charge in [0.2, 0.25) is 28.0 Å². The molecule has 3 fully saturated rings. The molecule has 544 valence electrons. The van der Waals surface area contributed by atoms with E-state index in [-0.39, 0.29) is 102 Å². The highest BCUT2D eigenvalue weighted by molar-refractivity contribution is 7.93. The molecule has 3 N–H and O–H groups in total. The maximum Gasteiger partial charge on any atom is 0.263 e. The number of piperazine rings is 3. The summed E-state index contributed by atoms with van der Waals surface area (Å²) in [5.74, 6) is -1.38. The van der Waals surface area contributed by atoms with Gasteiger partial charge in [-0.1, -0.05) is 64.6 Å². The van der Waals surface area contributed by atoms with Crippen LogP contribution in [0.1, 0.15) is 31.6 Å². The second-order valence-electron chi connectivity index (χ2n) is 23.5. The molecular formula is C67H73ClF2N16O11S6. The van der Waals surface area contributed by atoms with Crippen molar-refractivity contribution in [2.24, 2.45) is 0 Å². The molecule has 2 atom stereocenters.